The Morgan fingerprint density at radius 2 is 2.24 bits per heavy atom. The third kappa shape index (κ3) is 3.17. The van der Waals surface area contributed by atoms with Crippen LogP contribution in [0, 0.1) is 0 Å². The maximum absolute atomic E-state index is 12.4. The first kappa shape index (κ1) is 13.9. The third-order valence-electron chi connectivity index (χ3n) is 4.10. The first-order valence-corrected chi connectivity index (χ1v) is 7.51. The number of carbonyl (C=O) groups is 2. The number of hydrogen-bond acceptors (Lipinski definition) is 3. The quantitative estimate of drug-likeness (QED) is 0.770. The second-order valence-electron chi connectivity index (χ2n) is 5.84. The molecule has 7 nitrogen and oxygen atoms in total. The molecule has 1 aromatic heterocycles. The maximum Gasteiger partial charge on any atom is 0.318 e. The SMILES string of the molecule is CC(NC(=O)N1CCCC1C(=O)NC1CC1)c1cn[nH]c1. The Kier molecular flexibility index (Phi) is 3.81. The zero-order valence-electron chi connectivity index (χ0n) is 12.1. The summed E-state index contributed by atoms with van der Waals surface area (Å²) in [5, 5.41) is 12.5. The maximum atomic E-state index is 12.4. The number of aromatic amines is 1. The van der Waals surface area contributed by atoms with Crippen molar-refractivity contribution in [3.63, 3.8) is 0 Å². The van der Waals surface area contributed by atoms with Crippen LogP contribution in [0.25, 0.3) is 0 Å². The van der Waals surface area contributed by atoms with E-state index in [0.717, 1.165) is 31.2 Å². The van der Waals surface area contributed by atoms with Crippen LogP contribution in [-0.4, -0.2) is 45.7 Å². The molecule has 0 aromatic carbocycles. The minimum absolute atomic E-state index is 0.0129. The lowest BCUT2D eigenvalue weighted by molar-refractivity contribution is -0.124. The predicted octanol–water partition coefficient (Wildman–Crippen LogP) is 0.923. The summed E-state index contributed by atoms with van der Waals surface area (Å²) in [7, 11) is 0. The molecule has 0 spiro atoms. The highest BCUT2D eigenvalue weighted by molar-refractivity contribution is 5.88. The molecule has 1 aromatic rings. The first-order chi connectivity index (χ1) is 10.1. The van der Waals surface area contributed by atoms with Crippen LogP contribution >= 0.6 is 0 Å². The van der Waals surface area contributed by atoms with Gasteiger partial charge in [0.15, 0.2) is 0 Å². The molecule has 114 valence electrons. The van der Waals surface area contributed by atoms with Crippen LogP contribution in [0.3, 0.4) is 0 Å². The van der Waals surface area contributed by atoms with E-state index >= 15 is 0 Å². The van der Waals surface area contributed by atoms with Crippen molar-refractivity contribution in [2.45, 2.75) is 50.7 Å². The lowest BCUT2D eigenvalue weighted by Crippen LogP contribution is -2.50. The smallest absolute Gasteiger partial charge is 0.318 e. The van der Waals surface area contributed by atoms with Gasteiger partial charge in [-0.2, -0.15) is 5.10 Å². The van der Waals surface area contributed by atoms with Crippen molar-refractivity contribution in [1.29, 1.82) is 0 Å². The molecule has 2 fully saturated rings. The average molecular weight is 291 g/mol. The summed E-state index contributed by atoms with van der Waals surface area (Å²) < 4.78 is 0. The molecule has 1 saturated heterocycles. The van der Waals surface area contributed by atoms with Crippen LogP contribution in [-0.2, 0) is 4.79 Å². The monoisotopic (exact) mass is 291 g/mol. The van der Waals surface area contributed by atoms with Gasteiger partial charge in [-0.3, -0.25) is 9.89 Å². The summed E-state index contributed by atoms with van der Waals surface area (Å²) in [4.78, 5) is 26.2. The highest BCUT2D eigenvalue weighted by Gasteiger charge is 2.36. The Morgan fingerprint density at radius 1 is 1.43 bits per heavy atom. The van der Waals surface area contributed by atoms with Crippen molar-refractivity contribution >= 4 is 11.9 Å². The largest absolute Gasteiger partial charge is 0.352 e. The number of aromatic nitrogens is 2. The summed E-state index contributed by atoms with van der Waals surface area (Å²) in [6, 6.07) is -0.323. The van der Waals surface area contributed by atoms with Crippen molar-refractivity contribution in [1.82, 2.24) is 25.7 Å². The second-order valence-corrected chi connectivity index (χ2v) is 5.84. The van der Waals surface area contributed by atoms with E-state index in [1.807, 2.05) is 6.92 Å². The molecule has 3 amide bonds. The highest BCUT2D eigenvalue weighted by Crippen LogP contribution is 2.23. The number of likely N-dealkylation sites (tertiary alicyclic amines) is 1. The Balaban J connectivity index is 1.58. The summed E-state index contributed by atoms with van der Waals surface area (Å²) in [5.74, 6) is -0.0129. The van der Waals surface area contributed by atoms with Gasteiger partial charge in [-0.05, 0) is 32.6 Å². The molecule has 7 heteroatoms. The zero-order valence-corrected chi connectivity index (χ0v) is 12.1. The molecule has 21 heavy (non-hydrogen) atoms. The number of amides is 3. The average Bonchev–Trinajstić information content (AvgIpc) is 3.00. The lowest BCUT2D eigenvalue weighted by atomic mass is 10.2. The van der Waals surface area contributed by atoms with E-state index in [-0.39, 0.29) is 24.0 Å². The van der Waals surface area contributed by atoms with E-state index in [9.17, 15) is 9.59 Å². The highest BCUT2D eigenvalue weighted by atomic mass is 16.2. The van der Waals surface area contributed by atoms with Crippen LogP contribution in [0.5, 0.6) is 0 Å². The van der Waals surface area contributed by atoms with Gasteiger partial charge in [0.1, 0.15) is 6.04 Å². The van der Waals surface area contributed by atoms with E-state index in [4.69, 9.17) is 0 Å². The van der Waals surface area contributed by atoms with Gasteiger partial charge in [0.05, 0.1) is 12.2 Å². The Bertz CT molecular complexity index is 511. The molecule has 0 radical (unpaired) electrons. The van der Waals surface area contributed by atoms with Crippen molar-refractivity contribution in [3.8, 4) is 0 Å². The molecule has 2 atom stereocenters. The van der Waals surface area contributed by atoms with E-state index in [1.165, 1.54) is 0 Å². The molecule has 1 aliphatic heterocycles. The van der Waals surface area contributed by atoms with Gasteiger partial charge in [0.2, 0.25) is 5.91 Å². The van der Waals surface area contributed by atoms with Gasteiger partial charge in [-0.25, -0.2) is 4.79 Å². The minimum atomic E-state index is -0.331. The van der Waals surface area contributed by atoms with Crippen molar-refractivity contribution in [2.75, 3.05) is 6.54 Å². The normalized spacial score (nSPS) is 22.9. The number of rotatable bonds is 4. The molecule has 2 heterocycles. The zero-order chi connectivity index (χ0) is 14.8. The fraction of sp³-hybridized carbons (Fsp3) is 0.643. The van der Waals surface area contributed by atoms with Gasteiger partial charge in [0.25, 0.3) is 0 Å². The summed E-state index contributed by atoms with van der Waals surface area (Å²) in [6.07, 6.45) is 7.17. The van der Waals surface area contributed by atoms with Crippen molar-refractivity contribution in [2.24, 2.45) is 0 Å². The molecule has 3 rings (SSSR count). The summed E-state index contributed by atoms with van der Waals surface area (Å²) >= 11 is 0. The summed E-state index contributed by atoms with van der Waals surface area (Å²) in [5.41, 5.74) is 0.918. The third-order valence-corrected chi connectivity index (χ3v) is 4.10. The lowest BCUT2D eigenvalue weighted by Gasteiger charge is -2.26. The molecule has 1 aliphatic carbocycles. The number of nitrogens with one attached hydrogen (secondary N) is 3. The van der Waals surface area contributed by atoms with Crippen LogP contribution in [0.4, 0.5) is 4.79 Å². The minimum Gasteiger partial charge on any atom is -0.352 e. The van der Waals surface area contributed by atoms with E-state index in [1.54, 1.807) is 17.3 Å². The molecule has 1 saturated carbocycles. The fourth-order valence-corrected chi connectivity index (χ4v) is 2.66. The number of nitrogens with zero attached hydrogens (tertiary/aromatic N) is 2. The number of hydrogen-bond donors (Lipinski definition) is 3. The Labute approximate surface area is 123 Å². The summed E-state index contributed by atoms with van der Waals surface area (Å²) in [6.45, 7) is 2.53. The van der Waals surface area contributed by atoms with Crippen LogP contribution < -0.4 is 10.6 Å². The topological polar surface area (TPSA) is 90.1 Å². The Morgan fingerprint density at radius 3 is 2.90 bits per heavy atom. The molecule has 3 N–H and O–H groups in total. The molecular weight excluding hydrogens is 270 g/mol. The molecule has 2 aliphatic rings. The van der Waals surface area contributed by atoms with Gasteiger partial charge < -0.3 is 15.5 Å². The first-order valence-electron chi connectivity index (χ1n) is 7.51. The number of urea groups is 1. The van der Waals surface area contributed by atoms with Gasteiger partial charge >= 0.3 is 6.03 Å². The van der Waals surface area contributed by atoms with E-state index in [0.29, 0.717) is 12.6 Å². The van der Waals surface area contributed by atoms with Crippen LogP contribution in [0.1, 0.15) is 44.2 Å². The van der Waals surface area contributed by atoms with E-state index < -0.39 is 0 Å². The number of H-pyrrole nitrogens is 1. The standard InChI is InChI=1S/C14H21N5O2/c1-9(10-7-15-16-8-10)17-14(21)19-6-2-3-12(19)13(20)18-11-4-5-11/h7-9,11-12H,2-6H2,1H3,(H,15,16)(H,17,21)(H,18,20). The van der Waals surface area contributed by atoms with Crippen molar-refractivity contribution < 1.29 is 9.59 Å². The Hall–Kier alpha value is -2.05. The van der Waals surface area contributed by atoms with Gasteiger partial charge in [-0.1, -0.05) is 0 Å². The number of carbonyl (C=O) groups excluding carboxylic acids is 2. The molecule has 0 bridgehead atoms. The second kappa shape index (κ2) is 5.75. The van der Waals surface area contributed by atoms with Gasteiger partial charge in [-0.15, -0.1) is 0 Å². The van der Waals surface area contributed by atoms with Crippen molar-refractivity contribution in [3.05, 3.63) is 18.0 Å². The van der Waals surface area contributed by atoms with E-state index in [2.05, 4.69) is 20.8 Å². The predicted molar refractivity (Wildman–Crippen MR) is 76.4 cm³/mol. The van der Waals surface area contributed by atoms with Gasteiger partial charge in [0, 0.05) is 24.3 Å². The fourth-order valence-electron chi connectivity index (χ4n) is 2.66. The molecule has 2 unspecified atom stereocenters. The van der Waals surface area contributed by atoms with Crippen LogP contribution in [0.2, 0.25) is 0 Å². The van der Waals surface area contributed by atoms with Crippen LogP contribution in [0.15, 0.2) is 12.4 Å². The molecular formula is C14H21N5O2.